The number of aryl methyl sites for hydroxylation is 2. The number of fused-ring (bicyclic) bond motifs is 6. The van der Waals surface area contributed by atoms with E-state index in [1.165, 1.54) is 6.07 Å². The maximum absolute atomic E-state index is 14.3. The molecule has 0 unspecified atom stereocenters. The van der Waals surface area contributed by atoms with Crippen LogP contribution in [-0.2, 0) is 0 Å². The van der Waals surface area contributed by atoms with Crippen molar-refractivity contribution < 1.29 is 4.39 Å². The molecular weight excluding hydrogens is 421 g/mol. The fraction of sp³-hybridized carbons (Fsp3) is 0.0741. The average Bonchev–Trinajstić information content (AvgIpc) is 2.75. The highest BCUT2D eigenvalue weighted by molar-refractivity contribution is 8.00. The third-order valence-corrected chi connectivity index (χ3v) is 7.58. The highest BCUT2D eigenvalue weighted by atomic mass is 32.2. The number of nitrogens with zero attached hydrogens (tertiary/aromatic N) is 1. The molecule has 0 aromatic heterocycles. The normalized spacial score (nSPS) is 12.1. The standard InChI is InChI=1S/C27H18FNS2/c1-16-4-8-21-23-10-6-19(28)14-27(23)31-25-12-17(2)3-7-20(25)22-9-5-18(15-29)13-26(22)30-24(21)11-16/h3-14H,1-2H3. The molecule has 0 atom stereocenters. The predicted octanol–water partition coefficient (Wildman–Crippen LogP) is 8.26. The zero-order chi connectivity index (χ0) is 21.5. The van der Waals surface area contributed by atoms with Crippen molar-refractivity contribution in [3.8, 4) is 28.3 Å². The second kappa shape index (κ2) is 7.92. The molecule has 0 N–H and O–H groups in total. The van der Waals surface area contributed by atoms with Gasteiger partial charge >= 0.3 is 0 Å². The van der Waals surface area contributed by atoms with E-state index < -0.39 is 0 Å². The molecule has 0 amide bonds. The summed E-state index contributed by atoms with van der Waals surface area (Å²) in [4.78, 5) is 4.12. The van der Waals surface area contributed by atoms with Crippen molar-refractivity contribution in [1.82, 2.24) is 0 Å². The predicted molar refractivity (Wildman–Crippen MR) is 126 cm³/mol. The monoisotopic (exact) mass is 439 g/mol. The Morgan fingerprint density at radius 2 is 1.06 bits per heavy atom. The summed E-state index contributed by atoms with van der Waals surface area (Å²) >= 11 is 3.26. The molecule has 0 spiro atoms. The van der Waals surface area contributed by atoms with Gasteiger partial charge in [-0.15, -0.1) is 0 Å². The van der Waals surface area contributed by atoms with Gasteiger partial charge in [-0.1, -0.05) is 59.9 Å². The summed E-state index contributed by atoms with van der Waals surface area (Å²) in [5.74, 6) is -0.238. The van der Waals surface area contributed by atoms with Gasteiger partial charge in [-0.05, 0) is 83.6 Å². The molecule has 0 saturated heterocycles. The van der Waals surface area contributed by atoms with Crippen molar-refractivity contribution in [2.45, 2.75) is 33.4 Å². The van der Waals surface area contributed by atoms with Crippen molar-refractivity contribution in [3.63, 3.8) is 0 Å². The van der Waals surface area contributed by atoms with E-state index in [0.717, 1.165) is 53.0 Å². The SMILES string of the molecule is Cc1ccc2c(c1)Sc1cc(C#N)ccc1-c1ccc(C)cc1Sc1cc(F)ccc1-2. The summed E-state index contributed by atoms with van der Waals surface area (Å²) in [5, 5.41) is 9.49. The van der Waals surface area contributed by atoms with Crippen LogP contribution < -0.4 is 0 Å². The van der Waals surface area contributed by atoms with Gasteiger partial charge < -0.3 is 0 Å². The van der Waals surface area contributed by atoms with Crippen LogP contribution in [0.4, 0.5) is 4.39 Å². The van der Waals surface area contributed by atoms with E-state index in [4.69, 9.17) is 0 Å². The Bertz CT molecular complexity index is 1380. The van der Waals surface area contributed by atoms with Gasteiger partial charge in [0.05, 0.1) is 11.6 Å². The molecule has 4 aromatic carbocycles. The fourth-order valence-corrected chi connectivity index (χ4v) is 6.28. The van der Waals surface area contributed by atoms with Crippen molar-refractivity contribution in [3.05, 3.63) is 95.3 Å². The topological polar surface area (TPSA) is 23.8 Å². The lowest BCUT2D eigenvalue weighted by Gasteiger charge is -2.20. The van der Waals surface area contributed by atoms with E-state index in [9.17, 15) is 9.65 Å². The maximum Gasteiger partial charge on any atom is 0.124 e. The van der Waals surface area contributed by atoms with Crippen LogP contribution in [-0.4, -0.2) is 0 Å². The van der Waals surface area contributed by atoms with Crippen LogP contribution in [0.3, 0.4) is 0 Å². The lowest BCUT2D eigenvalue weighted by atomic mass is 10.0. The number of nitriles is 1. The molecule has 1 heterocycles. The summed E-state index contributed by atoms with van der Waals surface area (Å²) in [6.07, 6.45) is 0. The number of halogens is 1. The van der Waals surface area contributed by atoms with E-state index in [1.54, 1.807) is 29.6 Å². The van der Waals surface area contributed by atoms with E-state index in [-0.39, 0.29) is 5.82 Å². The van der Waals surface area contributed by atoms with Gasteiger partial charge in [-0.2, -0.15) is 5.26 Å². The summed E-state index contributed by atoms with van der Waals surface area (Å²) in [6.45, 7) is 4.14. The Morgan fingerprint density at radius 1 is 0.613 bits per heavy atom. The lowest BCUT2D eigenvalue weighted by Crippen LogP contribution is -1.94. The number of benzene rings is 4. The summed E-state index contributed by atoms with van der Waals surface area (Å²) in [7, 11) is 0. The minimum absolute atomic E-state index is 0.238. The molecule has 0 fully saturated rings. The van der Waals surface area contributed by atoms with Crippen LogP contribution in [0, 0.1) is 31.0 Å². The Morgan fingerprint density at radius 3 is 1.61 bits per heavy atom. The van der Waals surface area contributed by atoms with Gasteiger partial charge in [0.1, 0.15) is 5.82 Å². The van der Waals surface area contributed by atoms with Crippen LogP contribution >= 0.6 is 23.5 Å². The Kier molecular flexibility index (Phi) is 5.09. The zero-order valence-electron chi connectivity index (χ0n) is 17.1. The first-order valence-corrected chi connectivity index (χ1v) is 11.6. The molecule has 0 saturated carbocycles. The van der Waals surface area contributed by atoms with Gasteiger partial charge in [0.25, 0.3) is 0 Å². The van der Waals surface area contributed by atoms with Crippen molar-refractivity contribution in [2.75, 3.05) is 0 Å². The van der Waals surface area contributed by atoms with E-state index in [1.807, 2.05) is 24.3 Å². The quantitative estimate of drug-likeness (QED) is 0.243. The Balaban J connectivity index is 1.86. The third-order valence-electron chi connectivity index (χ3n) is 5.35. The first kappa shape index (κ1) is 19.9. The molecule has 0 aliphatic carbocycles. The van der Waals surface area contributed by atoms with Crippen LogP contribution in [0.2, 0.25) is 0 Å². The molecule has 5 rings (SSSR count). The molecule has 1 nitrogen and oxygen atoms in total. The molecule has 150 valence electrons. The van der Waals surface area contributed by atoms with Gasteiger partial charge in [-0.25, -0.2) is 4.39 Å². The Hall–Kier alpha value is -3.00. The van der Waals surface area contributed by atoms with Crippen molar-refractivity contribution in [2.24, 2.45) is 0 Å². The van der Waals surface area contributed by atoms with Crippen LogP contribution in [0.5, 0.6) is 0 Å². The zero-order valence-corrected chi connectivity index (χ0v) is 18.7. The maximum atomic E-state index is 14.3. The largest absolute Gasteiger partial charge is 0.207 e. The number of hydrogen-bond acceptors (Lipinski definition) is 3. The van der Waals surface area contributed by atoms with Crippen LogP contribution in [0.1, 0.15) is 16.7 Å². The average molecular weight is 440 g/mol. The smallest absolute Gasteiger partial charge is 0.124 e. The van der Waals surface area contributed by atoms with Crippen molar-refractivity contribution in [1.29, 1.82) is 5.26 Å². The molecule has 31 heavy (non-hydrogen) atoms. The van der Waals surface area contributed by atoms with E-state index in [0.29, 0.717) is 5.56 Å². The van der Waals surface area contributed by atoms with Gasteiger partial charge in [0, 0.05) is 19.6 Å². The summed E-state index contributed by atoms with van der Waals surface area (Å²) < 4.78 is 14.3. The molecule has 4 aromatic rings. The number of rotatable bonds is 0. The molecule has 0 radical (unpaired) electrons. The lowest BCUT2D eigenvalue weighted by molar-refractivity contribution is 0.624. The second-order valence-corrected chi connectivity index (χ2v) is 9.83. The molecular formula is C27H18FNS2. The van der Waals surface area contributed by atoms with E-state index in [2.05, 4.69) is 56.3 Å². The minimum atomic E-state index is -0.238. The van der Waals surface area contributed by atoms with Gasteiger partial charge in [-0.3, -0.25) is 0 Å². The second-order valence-electron chi connectivity index (χ2n) is 7.67. The first-order chi connectivity index (χ1) is 15.0. The Labute approximate surface area is 189 Å². The molecule has 0 bridgehead atoms. The number of hydrogen-bond donors (Lipinski definition) is 0. The van der Waals surface area contributed by atoms with Crippen LogP contribution in [0.25, 0.3) is 22.3 Å². The van der Waals surface area contributed by atoms with E-state index >= 15 is 0 Å². The summed E-state index contributed by atoms with van der Waals surface area (Å²) in [5.41, 5.74) is 7.21. The molecule has 4 heteroatoms. The molecule has 1 aliphatic rings. The highest BCUT2D eigenvalue weighted by Crippen LogP contribution is 2.49. The first-order valence-electron chi connectivity index (χ1n) is 9.93. The van der Waals surface area contributed by atoms with Gasteiger partial charge in [0.15, 0.2) is 0 Å². The van der Waals surface area contributed by atoms with Crippen molar-refractivity contribution >= 4 is 23.5 Å². The highest BCUT2D eigenvalue weighted by Gasteiger charge is 2.20. The van der Waals surface area contributed by atoms with Gasteiger partial charge in [0.2, 0.25) is 0 Å². The minimum Gasteiger partial charge on any atom is -0.207 e. The third kappa shape index (κ3) is 3.76. The molecule has 1 aliphatic heterocycles. The fourth-order valence-electron chi connectivity index (χ4n) is 3.81. The summed E-state index contributed by atoms with van der Waals surface area (Å²) in [6, 6.07) is 25.9. The van der Waals surface area contributed by atoms with Crippen LogP contribution in [0.15, 0.2) is 92.4 Å².